The Labute approximate surface area is 157 Å². The number of ether oxygens (including phenoxy) is 1. The van der Waals surface area contributed by atoms with Gasteiger partial charge in [0.25, 0.3) is 0 Å². The first kappa shape index (κ1) is 18.6. The number of Topliss-reactive ketones (excluding diaryl/α,β-unsaturated/α-hetero) is 1. The first-order chi connectivity index (χ1) is 12.9. The lowest BCUT2D eigenvalue weighted by molar-refractivity contribution is 0.0696. The van der Waals surface area contributed by atoms with Crippen LogP contribution in [0.4, 0.5) is 0 Å². The molecular formula is C21H22N2O4. The SMILES string of the molecule is CCOc1cccn2c(C(=O)C[C@@H](C)c3cccc(C(=O)O)c3)c(C)nc12. The minimum absolute atomic E-state index is 0.0399. The third kappa shape index (κ3) is 3.69. The van der Waals surface area contributed by atoms with Crippen LogP contribution in [0, 0.1) is 6.92 Å². The molecule has 1 aromatic carbocycles. The van der Waals surface area contributed by atoms with Gasteiger partial charge >= 0.3 is 5.97 Å². The zero-order valence-corrected chi connectivity index (χ0v) is 15.6. The molecule has 0 saturated carbocycles. The van der Waals surface area contributed by atoms with Crippen molar-refractivity contribution in [2.75, 3.05) is 6.61 Å². The Balaban J connectivity index is 1.90. The Morgan fingerprint density at radius 2 is 2.04 bits per heavy atom. The lowest BCUT2D eigenvalue weighted by Crippen LogP contribution is -2.10. The molecule has 0 spiro atoms. The summed E-state index contributed by atoms with van der Waals surface area (Å²) < 4.78 is 7.37. The highest BCUT2D eigenvalue weighted by Gasteiger charge is 2.21. The van der Waals surface area contributed by atoms with Gasteiger partial charge in [0.1, 0.15) is 5.69 Å². The highest BCUT2D eigenvalue weighted by atomic mass is 16.5. The van der Waals surface area contributed by atoms with Gasteiger partial charge in [-0.2, -0.15) is 0 Å². The van der Waals surface area contributed by atoms with Gasteiger partial charge in [-0.05, 0) is 49.6 Å². The molecule has 0 saturated heterocycles. The lowest BCUT2D eigenvalue weighted by Gasteiger charge is -2.12. The highest BCUT2D eigenvalue weighted by molar-refractivity contribution is 5.97. The number of carbonyl (C=O) groups excluding carboxylic acids is 1. The van der Waals surface area contributed by atoms with E-state index in [1.165, 1.54) is 0 Å². The number of nitrogens with zero attached hydrogens (tertiary/aromatic N) is 2. The number of ketones is 1. The average Bonchev–Trinajstić information content (AvgIpc) is 2.99. The van der Waals surface area contributed by atoms with Crippen molar-refractivity contribution in [1.82, 2.24) is 9.38 Å². The van der Waals surface area contributed by atoms with Gasteiger partial charge in [-0.15, -0.1) is 0 Å². The van der Waals surface area contributed by atoms with Gasteiger partial charge in [0.05, 0.1) is 17.9 Å². The summed E-state index contributed by atoms with van der Waals surface area (Å²) in [5.41, 5.74) is 2.86. The predicted molar refractivity (Wildman–Crippen MR) is 102 cm³/mol. The molecule has 0 fully saturated rings. The number of aromatic nitrogens is 2. The summed E-state index contributed by atoms with van der Waals surface area (Å²) in [6, 6.07) is 10.4. The second-order valence-corrected chi connectivity index (χ2v) is 6.50. The highest BCUT2D eigenvalue weighted by Crippen LogP contribution is 2.26. The van der Waals surface area contributed by atoms with Crippen LogP contribution in [-0.4, -0.2) is 32.9 Å². The topological polar surface area (TPSA) is 80.9 Å². The van der Waals surface area contributed by atoms with E-state index < -0.39 is 5.97 Å². The smallest absolute Gasteiger partial charge is 0.335 e. The number of carboxylic acid groups (broad SMARTS) is 1. The van der Waals surface area contributed by atoms with Crippen molar-refractivity contribution in [2.24, 2.45) is 0 Å². The van der Waals surface area contributed by atoms with Gasteiger partial charge in [-0.25, -0.2) is 9.78 Å². The summed E-state index contributed by atoms with van der Waals surface area (Å²) in [5, 5.41) is 9.16. The van der Waals surface area contributed by atoms with Gasteiger partial charge in [0.2, 0.25) is 0 Å². The van der Waals surface area contributed by atoms with Crippen LogP contribution in [0.3, 0.4) is 0 Å². The van der Waals surface area contributed by atoms with Gasteiger partial charge in [-0.1, -0.05) is 19.1 Å². The van der Waals surface area contributed by atoms with Crippen LogP contribution in [0.2, 0.25) is 0 Å². The zero-order chi connectivity index (χ0) is 19.6. The molecule has 6 heteroatoms. The molecule has 0 radical (unpaired) electrons. The van der Waals surface area contributed by atoms with E-state index in [0.29, 0.717) is 29.4 Å². The fraction of sp³-hybridized carbons (Fsp3) is 0.286. The average molecular weight is 366 g/mol. The molecule has 3 rings (SSSR count). The van der Waals surface area contributed by atoms with Crippen molar-refractivity contribution in [1.29, 1.82) is 0 Å². The molecule has 1 atom stereocenters. The second-order valence-electron chi connectivity index (χ2n) is 6.50. The van der Waals surface area contributed by atoms with Gasteiger partial charge in [0, 0.05) is 12.6 Å². The summed E-state index contributed by atoms with van der Waals surface area (Å²) in [6.45, 7) is 6.15. The molecule has 0 amide bonds. The minimum atomic E-state index is -0.976. The fourth-order valence-electron chi connectivity index (χ4n) is 3.23. The molecule has 1 N–H and O–H groups in total. The van der Waals surface area contributed by atoms with Crippen LogP contribution < -0.4 is 4.74 Å². The number of fused-ring (bicyclic) bond motifs is 1. The standard InChI is InChI=1S/C21H22N2O4/c1-4-27-18-9-6-10-23-19(14(3)22-20(18)23)17(24)11-13(2)15-7-5-8-16(12-15)21(25)26/h5-10,12-13H,4,11H2,1-3H3,(H,25,26)/t13-/m1/s1. The van der Waals surface area contributed by atoms with E-state index >= 15 is 0 Å². The van der Waals surface area contributed by atoms with E-state index in [1.807, 2.05) is 39.0 Å². The van der Waals surface area contributed by atoms with Gasteiger partial charge < -0.3 is 9.84 Å². The summed E-state index contributed by atoms with van der Waals surface area (Å²) in [4.78, 5) is 28.7. The Bertz CT molecular complexity index is 1010. The maximum Gasteiger partial charge on any atom is 0.335 e. The predicted octanol–water partition coefficient (Wildman–Crippen LogP) is 4.12. The molecule has 2 heterocycles. The van der Waals surface area contributed by atoms with E-state index in [1.54, 1.807) is 28.8 Å². The van der Waals surface area contributed by atoms with Crippen LogP contribution >= 0.6 is 0 Å². The maximum atomic E-state index is 13.0. The van der Waals surface area contributed by atoms with Crippen LogP contribution in [0.15, 0.2) is 42.6 Å². The number of imidazole rings is 1. The van der Waals surface area contributed by atoms with Crippen LogP contribution in [0.5, 0.6) is 5.75 Å². The molecule has 140 valence electrons. The first-order valence-electron chi connectivity index (χ1n) is 8.89. The van der Waals surface area contributed by atoms with Crippen molar-refractivity contribution < 1.29 is 19.4 Å². The number of hydrogen-bond acceptors (Lipinski definition) is 4. The van der Waals surface area contributed by atoms with E-state index in [9.17, 15) is 9.59 Å². The van der Waals surface area contributed by atoms with Gasteiger partial charge in [-0.3, -0.25) is 9.20 Å². The molecule has 0 aliphatic rings. The van der Waals surface area contributed by atoms with Crippen molar-refractivity contribution >= 4 is 17.4 Å². The van der Waals surface area contributed by atoms with E-state index in [0.717, 1.165) is 5.56 Å². The van der Waals surface area contributed by atoms with Gasteiger partial charge in [0.15, 0.2) is 17.2 Å². The summed E-state index contributed by atoms with van der Waals surface area (Å²) in [6.07, 6.45) is 2.07. The van der Waals surface area contributed by atoms with E-state index in [2.05, 4.69) is 4.98 Å². The number of aromatic carboxylic acids is 1. The molecule has 3 aromatic rings. The number of carbonyl (C=O) groups is 2. The largest absolute Gasteiger partial charge is 0.490 e. The second kappa shape index (κ2) is 7.61. The molecule has 27 heavy (non-hydrogen) atoms. The third-order valence-corrected chi connectivity index (χ3v) is 4.55. The Kier molecular flexibility index (Phi) is 5.26. The fourth-order valence-corrected chi connectivity index (χ4v) is 3.23. The number of aryl methyl sites for hydroxylation is 1. The van der Waals surface area contributed by atoms with Crippen molar-refractivity contribution in [3.05, 3.63) is 65.1 Å². The zero-order valence-electron chi connectivity index (χ0n) is 15.6. The van der Waals surface area contributed by atoms with Crippen molar-refractivity contribution in [3.8, 4) is 5.75 Å². The molecule has 0 aliphatic heterocycles. The molecule has 0 aliphatic carbocycles. The molecular weight excluding hydrogens is 344 g/mol. The number of rotatable bonds is 7. The molecule has 6 nitrogen and oxygen atoms in total. The Morgan fingerprint density at radius 3 is 2.74 bits per heavy atom. The van der Waals surface area contributed by atoms with E-state index in [4.69, 9.17) is 9.84 Å². The van der Waals surface area contributed by atoms with E-state index in [-0.39, 0.29) is 23.7 Å². The quantitative estimate of drug-likeness (QED) is 0.636. The molecule has 0 unspecified atom stereocenters. The van der Waals surface area contributed by atoms with Crippen LogP contribution in [-0.2, 0) is 0 Å². The molecule has 2 aromatic heterocycles. The summed E-state index contributed by atoms with van der Waals surface area (Å²) in [5.74, 6) is -0.487. The number of carboxylic acids is 1. The van der Waals surface area contributed by atoms with Crippen LogP contribution in [0.25, 0.3) is 5.65 Å². The van der Waals surface area contributed by atoms with Crippen molar-refractivity contribution in [2.45, 2.75) is 33.1 Å². The Morgan fingerprint density at radius 1 is 1.26 bits per heavy atom. The normalized spacial score (nSPS) is 12.1. The number of hydrogen-bond donors (Lipinski definition) is 1. The Hall–Kier alpha value is -3.15. The molecule has 0 bridgehead atoms. The lowest BCUT2D eigenvalue weighted by atomic mass is 9.93. The summed E-state index contributed by atoms with van der Waals surface area (Å²) in [7, 11) is 0. The number of benzene rings is 1. The first-order valence-corrected chi connectivity index (χ1v) is 8.89. The summed E-state index contributed by atoms with van der Waals surface area (Å²) >= 11 is 0. The van der Waals surface area contributed by atoms with Crippen LogP contribution in [0.1, 0.15) is 58.3 Å². The van der Waals surface area contributed by atoms with Crippen molar-refractivity contribution in [3.63, 3.8) is 0 Å². The third-order valence-electron chi connectivity index (χ3n) is 4.55. The maximum absolute atomic E-state index is 13.0. The monoisotopic (exact) mass is 366 g/mol. The minimum Gasteiger partial charge on any atom is -0.490 e. The number of pyridine rings is 1.